The van der Waals surface area contributed by atoms with Gasteiger partial charge in [-0.25, -0.2) is 13.6 Å². The maximum absolute atomic E-state index is 13.2. The highest BCUT2D eigenvalue weighted by Crippen LogP contribution is 2.15. The van der Waals surface area contributed by atoms with Crippen LogP contribution in [0.1, 0.15) is 13.3 Å². The van der Waals surface area contributed by atoms with Gasteiger partial charge in [-0.2, -0.15) is 0 Å². The Morgan fingerprint density at radius 1 is 1.04 bits per heavy atom. The summed E-state index contributed by atoms with van der Waals surface area (Å²) in [6, 6.07) is 10.3. The molecule has 130 valence electrons. The number of halogens is 2. The number of nitrogens with zero attached hydrogens (tertiary/aromatic N) is 2. The van der Waals surface area contributed by atoms with E-state index in [2.05, 4.69) is 5.32 Å². The summed E-state index contributed by atoms with van der Waals surface area (Å²) in [6.45, 7) is 2.31. The van der Waals surface area contributed by atoms with Gasteiger partial charge in [0.2, 0.25) is 5.91 Å². The quantitative estimate of drug-likeness (QED) is 0.772. The van der Waals surface area contributed by atoms with E-state index in [1.807, 2.05) is 19.1 Å². The Hall–Kier alpha value is -2.96. The summed E-state index contributed by atoms with van der Waals surface area (Å²) in [4.78, 5) is 24.8. The lowest BCUT2D eigenvalue weighted by atomic mass is 10.3. The maximum Gasteiger partial charge on any atom is 0.329 e. The van der Waals surface area contributed by atoms with E-state index >= 15 is 0 Å². The van der Waals surface area contributed by atoms with Gasteiger partial charge in [-0.1, -0.05) is 19.1 Å². The molecule has 0 radical (unpaired) electrons. The van der Waals surface area contributed by atoms with Crippen LogP contribution in [0.2, 0.25) is 0 Å². The standard InChI is InChI=1S/C18H17F2N3O2/c1-2-9-22-15-5-3-4-6-16(15)23(18(22)25)11-17(24)21-12-7-8-13(19)14(20)10-12/h3-8,10H,2,9,11H2,1H3,(H,21,24). The van der Waals surface area contributed by atoms with Crippen LogP contribution >= 0.6 is 0 Å². The molecule has 0 spiro atoms. The fourth-order valence-corrected chi connectivity index (χ4v) is 2.78. The first-order valence-corrected chi connectivity index (χ1v) is 7.94. The minimum Gasteiger partial charge on any atom is -0.324 e. The van der Waals surface area contributed by atoms with Gasteiger partial charge < -0.3 is 5.32 Å². The predicted molar refractivity (Wildman–Crippen MR) is 91.5 cm³/mol. The van der Waals surface area contributed by atoms with Crippen LogP contribution in [-0.4, -0.2) is 15.0 Å². The minimum atomic E-state index is -1.05. The van der Waals surface area contributed by atoms with Crippen LogP contribution < -0.4 is 11.0 Å². The summed E-state index contributed by atoms with van der Waals surface area (Å²) < 4.78 is 29.2. The van der Waals surface area contributed by atoms with Gasteiger partial charge in [0, 0.05) is 18.3 Å². The fraction of sp³-hybridized carbons (Fsp3) is 0.222. The molecule has 2 aromatic carbocycles. The summed E-state index contributed by atoms with van der Waals surface area (Å²) in [6.07, 6.45) is 0.787. The van der Waals surface area contributed by atoms with Crippen LogP contribution in [-0.2, 0) is 17.9 Å². The molecule has 0 bridgehead atoms. The molecule has 5 nitrogen and oxygen atoms in total. The van der Waals surface area contributed by atoms with E-state index in [1.54, 1.807) is 16.7 Å². The van der Waals surface area contributed by atoms with Gasteiger partial charge in [-0.3, -0.25) is 13.9 Å². The fourth-order valence-electron chi connectivity index (χ4n) is 2.78. The SMILES string of the molecule is CCCn1c(=O)n(CC(=O)Nc2ccc(F)c(F)c2)c2ccccc21. The highest BCUT2D eigenvalue weighted by atomic mass is 19.2. The number of para-hydroxylation sites is 2. The Morgan fingerprint density at radius 2 is 1.72 bits per heavy atom. The number of benzene rings is 2. The van der Waals surface area contributed by atoms with Crippen LogP contribution in [0.15, 0.2) is 47.3 Å². The number of hydrogen-bond acceptors (Lipinski definition) is 2. The van der Waals surface area contributed by atoms with Crippen LogP contribution in [0.4, 0.5) is 14.5 Å². The highest BCUT2D eigenvalue weighted by molar-refractivity contribution is 5.91. The van der Waals surface area contributed by atoms with E-state index in [4.69, 9.17) is 0 Å². The number of anilines is 1. The average Bonchev–Trinajstić information content (AvgIpc) is 2.84. The number of carbonyl (C=O) groups is 1. The lowest BCUT2D eigenvalue weighted by molar-refractivity contribution is -0.116. The predicted octanol–water partition coefficient (Wildman–Crippen LogP) is 3.13. The van der Waals surface area contributed by atoms with E-state index in [-0.39, 0.29) is 17.9 Å². The zero-order valence-electron chi connectivity index (χ0n) is 13.6. The normalized spacial score (nSPS) is 11.0. The minimum absolute atomic E-state index is 0.134. The first-order valence-electron chi connectivity index (χ1n) is 7.94. The van der Waals surface area contributed by atoms with Gasteiger partial charge in [0.15, 0.2) is 11.6 Å². The van der Waals surface area contributed by atoms with Gasteiger partial charge in [-0.15, -0.1) is 0 Å². The number of carbonyl (C=O) groups excluding carboxylic acids is 1. The molecule has 0 saturated heterocycles. The van der Waals surface area contributed by atoms with Crippen LogP contribution in [0.5, 0.6) is 0 Å². The number of fused-ring (bicyclic) bond motifs is 1. The van der Waals surface area contributed by atoms with Crippen molar-refractivity contribution in [3.8, 4) is 0 Å². The third-order valence-corrected chi connectivity index (χ3v) is 3.88. The topological polar surface area (TPSA) is 56.0 Å². The van der Waals surface area contributed by atoms with Gasteiger partial charge in [0.05, 0.1) is 11.0 Å². The summed E-state index contributed by atoms with van der Waals surface area (Å²) in [5.41, 5.74) is 1.27. The molecular formula is C18H17F2N3O2. The molecule has 1 heterocycles. The van der Waals surface area contributed by atoms with Crippen LogP contribution in [0.3, 0.4) is 0 Å². The van der Waals surface area contributed by atoms with E-state index in [9.17, 15) is 18.4 Å². The Labute approximate surface area is 142 Å². The number of amides is 1. The first kappa shape index (κ1) is 16.9. The number of rotatable bonds is 5. The van der Waals surface area contributed by atoms with Crippen molar-refractivity contribution in [2.75, 3.05) is 5.32 Å². The zero-order chi connectivity index (χ0) is 18.0. The van der Waals surface area contributed by atoms with Gasteiger partial charge in [-0.05, 0) is 30.7 Å². The number of aryl methyl sites for hydroxylation is 1. The second-order valence-electron chi connectivity index (χ2n) is 5.69. The van der Waals surface area contributed by atoms with Crippen molar-refractivity contribution in [1.29, 1.82) is 0 Å². The Kier molecular flexibility index (Phi) is 4.65. The van der Waals surface area contributed by atoms with Gasteiger partial charge in [0.25, 0.3) is 0 Å². The van der Waals surface area contributed by atoms with Crippen molar-refractivity contribution in [1.82, 2.24) is 9.13 Å². The Balaban J connectivity index is 1.89. The number of nitrogens with one attached hydrogen (secondary N) is 1. The molecule has 0 aliphatic heterocycles. The molecule has 0 aliphatic carbocycles. The molecule has 1 amide bonds. The van der Waals surface area contributed by atoms with Gasteiger partial charge >= 0.3 is 5.69 Å². The van der Waals surface area contributed by atoms with E-state index in [0.717, 1.165) is 24.1 Å². The van der Waals surface area contributed by atoms with Crippen molar-refractivity contribution >= 4 is 22.6 Å². The molecule has 0 fully saturated rings. The van der Waals surface area contributed by atoms with Crippen molar-refractivity contribution in [2.24, 2.45) is 0 Å². The Bertz CT molecular complexity index is 992. The number of aromatic nitrogens is 2. The summed E-state index contributed by atoms with van der Waals surface area (Å²) in [5, 5.41) is 2.48. The smallest absolute Gasteiger partial charge is 0.324 e. The van der Waals surface area contributed by atoms with Crippen molar-refractivity contribution in [3.05, 3.63) is 64.6 Å². The van der Waals surface area contributed by atoms with E-state index < -0.39 is 17.5 Å². The summed E-state index contributed by atoms with van der Waals surface area (Å²) in [7, 11) is 0. The monoisotopic (exact) mass is 345 g/mol. The lowest BCUT2D eigenvalue weighted by Gasteiger charge is -2.06. The molecule has 7 heteroatoms. The Morgan fingerprint density at radius 3 is 2.36 bits per heavy atom. The van der Waals surface area contributed by atoms with Crippen molar-refractivity contribution in [3.63, 3.8) is 0 Å². The molecule has 1 N–H and O–H groups in total. The molecule has 0 saturated carbocycles. The zero-order valence-corrected chi connectivity index (χ0v) is 13.6. The lowest BCUT2D eigenvalue weighted by Crippen LogP contribution is -2.29. The molecule has 25 heavy (non-hydrogen) atoms. The molecule has 0 aliphatic rings. The second kappa shape index (κ2) is 6.88. The number of hydrogen-bond donors (Lipinski definition) is 1. The highest BCUT2D eigenvalue weighted by Gasteiger charge is 2.15. The molecule has 0 atom stereocenters. The van der Waals surface area contributed by atoms with Gasteiger partial charge in [0.1, 0.15) is 6.54 Å². The number of imidazole rings is 1. The molecule has 1 aromatic heterocycles. The summed E-state index contributed by atoms with van der Waals surface area (Å²) in [5.74, 6) is -2.53. The van der Waals surface area contributed by atoms with Crippen LogP contribution in [0, 0.1) is 11.6 Å². The molecule has 0 unspecified atom stereocenters. The van der Waals surface area contributed by atoms with E-state index in [1.165, 1.54) is 10.6 Å². The largest absolute Gasteiger partial charge is 0.329 e. The third-order valence-electron chi connectivity index (χ3n) is 3.88. The van der Waals surface area contributed by atoms with Crippen molar-refractivity contribution < 1.29 is 13.6 Å². The second-order valence-corrected chi connectivity index (χ2v) is 5.69. The van der Waals surface area contributed by atoms with Crippen molar-refractivity contribution in [2.45, 2.75) is 26.4 Å². The molecular weight excluding hydrogens is 328 g/mol. The van der Waals surface area contributed by atoms with E-state index in [0.29, 0.717) is 12.1 Å². The third kappa shape index (κ3) is 3.31. The average molecular weight is 345 g/mol. The molecule has 3 rings (SSSR count). The first-order chi connectivity index (χ1) is 12.0. The van der Waals surface area contributed by atoms with Crippen LogP contribution in [0.25, 0.3) is 11.0 Å². The summed E-state index contributed by atoms with van der Waals surface area (Å²) >= 11 is 0. The molecule has 3 aromatic rings. The maximum atomic E-state index is 13.2.